The first kappa shape index (κ1) is 13.3. The van der Waals surface area contributed by atoms with Gasteiger partial charge in [0.15, 0.2) is 0 Å². The van der Waals surface area contributed by atoms with E-state index in [1.807, 2.05) is 11.9 Å². The Balaban J connectivity index is 2.17. The molecule has 0 spiro atoms. The van der Waals surface area contributed by atoms with Crippen molar-refractivity contribution in [2.45, 2.75) is 18.9 Å². The normalized spacial score (nSPS) is 19.3. The van der Waals surface area contributed by atoms with Gasteiger partial charge in [0.25, 0.3) is 5.91 Å². The second-order valence-corrected chi connectivity index (χ2v) is 4.89. The summed E-state index contributed by atoms with van der Waals surface area (Å²) < 4.78 is 13.1. The Bertz CT molecular complexity index is 453. The highest BCUT2D eigenvalue weighted by molar-refractivity contribution is 6.31. The van der Waals surface area contributed by atoms with E-state index in [1.54, 1.807) is 0 Å². The lowest BCUT2D eigenvalue weighted by molar-refractivity contribution is 0.0737. The number of hydrogen-bond acceptors (Lipinski definition) is 2. The summed E-state index contributed by atoms with van der Waals surface area (Å²) in [5.74, 6) is -0.573. The highest BCUT2D eigenvalue weighted by Gasteiger charge is 2.28. The van der Waals surface area contributed by atoms with E-state index in [4.69, 9.17) is 11.6 Å². The van der Waals surface area contributed by atoms with Gasteiger partial charge in [-0.2, -0.15) is 0 Å². The fourth-order valence-electron chi connectivity index (χ4n) is 2.35. The lowest BCUT2D eigenvalue weighted by Crippen LogP contribution is -2.40. The summed E-state index contributed by atoms with van der Waals surface area (Å²) in [7, 11) is 1.87. The number of likely N-dealkylation sites (tertiary alicyclic amines) is 1. The molecule has 1 N–H and O–H groups in total. The molecule has 2 rings (SSSR count). The van der Waals surface area contributed by atoms with Gasteiger partial charge in [-0.25, -0.2) is 4.39 Å². The molecule has 0 saturated carbocycles. The number of carbonyl (C=O) groups excluding carboxylic acids is 1. The first-order valence-corrected chi connectivity index (χ1v) is 6.42. The van der Waals surface area contributed by atoms with E-state index in [1.165, 1.54) is 18.2 Å². The molecule has 1 aliphatic rings. The number of nitrogens with one attached hydrogen (secondary N) is 1. The van der Waals surface area contributed by atoms with Crippen LogP contribution in [0.5, 0.6) is 0 Å². The molecule has 3 nitrogen and oxygen atoms in total. The fourth-order valence-corrected chi connectivity index (χ4v) is 2.53. The second-order valence-electron chi connectivity index (χ2n) is 4.48. The van der Waals surface area contributed by atoms with Crippen molar-refractivity contribution in [2.75, 3.05) is 20.1 Å². The van der Waals surface area contributed by atoms with Gasteiger partial charge in [0.05, 0.1) is 5.02 Å². The molecule has 1 unspecified atom stereocenters. The lowest BCUT2D eigenvalue weighted by atomic mass is 10.1. The number of rotatable bonds is 3. The molecule has 18 heavy (non-hydrogen) atoms. The zero-order valence-electron chi connectivity index (χ0n) is 10.2. The van der Waals surface area contributed by atoms with Gasteiger partial charge < -0.3 is 10.2 Å². The highest BCUT2D eigenvalue weighted by atomic mass is 35.5. The Hall–Kier alpha value is -1.13. The van der Waals surface area contributed by atoms with Crippen LogP contribution < -0.4 is 5.32 Å². The zero-order valence-corrected chi connectivity index (χ0v) is 11.0. The number of hydrogen-bond donors (Lipinski definition) is 1. The van der Waals surface area contributed by atoms with Crippen LogP contribution in [0, 0.1) is 5.82 Å². The molecule has 1 aliphatic heterocycles. The Morgan fingerprint density at radius 3 is 3.06 bits per heavy atom. The summed E-state index contributed by atoms with van der Waals surface area (Å²) in [6.45, 7) is 1.53. The van der Waals surface area contributed by atoms with E-state index < -0.39 is 5.82 Å². The van der Waals surface area contributed by atoms with Crippen molar-refractivity contribution < 1.29 is 9.18 Å². The average molecular weight is 271 g/mol. The number of likely N-dealkylation sites (N-methyl/N-ethyl adjacent to an activating group) is 1. The lowest BCUT2D eigenvalue weighted by Gasteiger charge is -2.24. The Kier molecular flexibility index (Phi) is 4.19. The largest absolute Gasteiger partial charge is 0.334 e. The monoisotopic (exact) mass is 270 g/mol. The van der Waals surface area contributed by atoms with Crippen LogP contribution in [0.2, 0.25) is 5.02 Å². The smallest absolute Gasteiger partial charge is 0.254 e. The molecule has 0 aromatic heterocycles. The second kappa shape index (κ2) is 5.67. The minimum absolute atomic E-state index is 0.00906. The van der Waals surface area contributed by atoms with Crippen LogP contribution in [0.25, 0.3) is 0 Å². The van der Waals surface area contributed by atoms with Crippen LogP contribution >= 0.6 is 11.6 Å². The van der Waals surface area contributed by atoms with Gasteiger partial charge >= 0.3 is 0 Å². The van der Waals surface area contributed by atoms with Gasteiger partial charge in [0.1, 0.15) is 5.82 Å². The van der Waals surface area contributed by atoms with Crippen molar-refractivity contribution in [3.8, 4) is 0 Å². The molecular weight excluding hydrogens is 255 g/mol. The molecule has 1 saturated heterocycles. The SMILES string of the molecule is CNCC1CCCN1C(=O)c1ccc(F)c(Cl)c1. The summed E-state index contributed by atoms with van der Waals surface area (Å²) in [6, 6.07) is 4.33. The quantitative estimate of drug-likeness (QED) is 0.914. The van der Waals surface area contributed by atoms with Gasteiger partial charge in [-0.05, 0) is 38.1 Å². The summed E-state index contributed by atoms with van der Waals surface area (Å²) in [5, 5.41) is 3.08. The van der Waals surface area contributed by atoms with E-state index in [9.17, 15) is 9.18 Å². The number of halogens is 2. The third kappa shape index (κ3) is 2.65. The van der Waals surface area contributed by atoms with E-state index in [0.29, 0.717) is 5.56 Å². The zero-order chi connectivity index (χ0) is 13.1. The molecule has 1 fully saturated rings. The summed E-state index contributed by atoms with van der Waals surface area (Å²) in [5.41, 5.74) is 0.449. The van der Waals surface area contributed by atoms with E-state index in [-0.39, 0.29) is 17.0 Å². The van der Waals surface area contributed by atoms with Crippen molar-refractivity contribution in [3.05, 3.63) is 34.6 Å². The maximum atomic E-state index is 13.1. The molecule has 5 heteroatoms. The van der Waals surface area contributed by atoms with Gasteiger partial charge in [-0.1, -0.05) is 11.6 Å². The first-order valence-electron chi connectivity index (χ1n) is 6.04. The fraction of sp³-hybridized carbons (Fsp3) is 0.462. The minimum Gasteiger partial charge on any atom is -0.334 e. The van der Waals surface area contributed by atoms with Crippen molar-refractivity contribution >= 4 is 17.5 Å². The topological polar surface area (TPSA) is 32.3 Å². The van der Waals surface area contributed by atoms with Gasteiger partial charge in [-0.3, -0.25) is 4.79 Å². The molecule has 0 aliphatic carbocycles. The standard InChI is InChI=1S/C13H16ClFN2O/c1-16-8-10-3-2-6-17(10)13(18)9-4-5-12(15)11(14)7-9/h4-5,7,10,16H,2-3,6,8H2,1H3. The third-order valence-corrected chi connectivity index (χ3v) is 3.53. The molecular formula is C13H16ClFN2O. The van der Waals surface area contributed by atoms with E-state index in [2.05, 4.69) is 5.32 Å². The predicted octanol–water partition coefficient (Wildman–Crippen LogP) is 2.30. The van der Waals surface area contributed by atoms with Crippen LogP contribution in [0.15, 0.2) is 18.2 Å². The number of amides is 1. The van der Waals surface area contributed by atoms with Crippen molar-refractivity contribution in [2.24, 2.45) is 0 Å². The summed E-state index contributed by atoms with van der Waals surface area (Å²) >= 11 is 5.70. The molecule has 1 heterocycles. The van der Waals surface area contributed by atoms with Crippen molar-refractivity contribution in [1.29, 1.82) is 0 Å². The third-order valence-electron chi connectivity index (χ3n) is 3.24. The maximum Gasteiger partial charge on any atom is 0.254 e. The number of nitrogens with zero attached hydrogens (tertiary/aromatic N) is 1. The Labute approximate surface area is 111 Å². The highest BCUT2D eigenvalue weighted by Crippen LogP contribution is 2.22. The van der Waals surface area contributed by atoms with Crippen LogP contribution in [0.1, 0.15) is 23.2 Å². The van der Waals surface area contributed by atoms with Crippen LogP contribution in [0.3, 0.4) is 0 Å². The van der Waals surface area contributed by atoms with Crippen LogP contribution in [-0.2, 0) is 0 Å². The molecule has 1 aromatic rings. The predicted molar refractivity (Wildman–Crippen MR) is 69.4 cm³/mol. The Morgan fingerprint density at radius 2 is 2.39 bits per heavy atom. The Morgan fingerprint density at radius 1 is 1.61 bits per heavy atom. The van der Waals surface area contributed by atoms with Crippen molar-refractivity contribution in [1.82, 2.24) is 10.2 Å². The summed E-state index contributed by atoms with van der Waals surface area (Å²) in [6.07, 6.45) is 2.01. The van der Waals surface area contributed by atoms with Crippen LogP contribution in [0.4, 0.5) is 4.39 Å². The van der Waals surface area contributed by atoms with Crippen LogP contribution in [-0.4, -0.2) is 37.0 Å². The minimum atomic E-state index is -0.499. The number of carbonyl (C=O) groups is 1. The van der Waals surface area contributed by atoms with Gasteiger partial charge in [0.2, 0.25) is 0 Å². The average Bonchev–Trinajstić information content (AvgIpc) is 2.80. The van der Waals surface area contributed by atoms with E-state index in [0.717, 1.165) is 25.9 Å². The summed E-state index contributed by atoms with van der Waals surface area (Å²) in [4.78, 5) is 14.1. The molecule has 1 aromatic carbocycles. The van der Waals surface area contributed by atoms with Crippen molar-refractivity contribution in [3.63, 3.8) is 0 Å². The van der Waals surface area contributed by atoms with Gasteiger partial charge in [-0.15, -0.1) is 0 Å². The molecule has 0 radical (unpaired) electrons. The molecule has 1 atom stereocenters. The van der Waals surface area contributed by atoms with Gasteiger partial charge in [0, 0.05) is 24.7 Å². The maximum absolute atomic E-state index is 13.1. The molecule has 0 bridgehead atoms. The van der Waals surface area contributed by atoms with E-state index >= 15 is 0 Å². The first-order chi connectivity index (χ1) is 8.63. The molecule has 1 amide bonds. The molecule has 98 valence electrons. The number of benzene rings is 1.